The smallest absolute Gasteiger partial charge is 0.146 e. The first-order chi connectivity index (χ1) is 8.63. The van der Waals surface area contributed by atoms with Crippen molar-refractivity contribution in [3.05, 3.63) is 29.6 Å². The monoisotopic (exact) mass is 246 g/mol. The number of nitrogens with zero attached hydrogens (tertiary/aromatic N) is 1. The molecule has 0 saturated carbocycles. The summed E-state index contributed by atoms with van der Waals surface area (Å²) in [4.78, 5) is 17.0. The van der Waals surface area contributed by atoms with Crippen LogP contribution >= 0.6 is 0 Å². The minimum Gasteiger partial charge on any atom is -0.330 e. The summed E-state index contributed by atoms with van der Waals surface area (Å²) >= 11 is 0. The molecule has 0 amide bonds. The molecular weight excluding hydrogens is 224 g/mol. The van der Waals surface area contributed by atoms with Crippen LogP contribution in [0.1, 0.15) is 43.9 Å². The molecule has 0 bridgehead atoms. The van der Waals surface area contributed by atoms with Gasteiger partial charge in [0, 0.05) is 18.7 Å². The molecule has 0 spiro atoms. The van der Waals surface area contributed by atoms with Crippen LogP contribution in [0.15, 0.2) is 18.3 Å². The summed E-state index contributed by atoms with van der Waals surface area (Å²) < 4.78 is 0. The van der Waals surface area contributed by atoms with Gasteiger partial charge in [-0.3, -0.25) is 9.78 Å². The van der Waals surface area contributed by atoms with Gasteiger partial charge in [0.05, 0.1) is 11.6 Å². The first kappa shape index (κ1) is 13.2. The van der Waals surface area contributed by atoms with Gasteiger partial charge in [-0.1, -0.05) is 19.9 Å². The van der Waals surface area contributed by atoms with Crippen LogP contribution in [0.4, 0.5) is 0 Å². The predicted molar refractivity (Wildman–Crippen MR) is 72.3 cm³/mol. The number of hydrogen-bond acceptors (Lipinski definition) is 3. The highest BCUT2D eigenvalue weighted by Crippen LogP contribution is 2.34. The Bertz CT molecular complexity index is 428. The molecule has 3 nitrogen and oxygen atoms in total. The van der Waals surface area contributed by atoms with Gasteiger partial charge < -0.3 is 5.73 Å². The number of aromatic nitrogens is 1. The number of nitrogens with two attached hydrogens (primary N) is 1. The number of Topliss-reactive ketones (excluding diaryl/α,β-unsaturated/α-hetero) is 1. The summed E-state index contributed by atoms with van der Waals surface area (Å²) in [7, 11) is 0. The van der Waals surface area contributed by atoms with E-state index < -0.39 is 0 Å². The second-order valence-electron chi connectivity index (χ2n) is 5.60. The van der Waals surface area contributed by atoms with Crippen molar-refractivity contribution < 1.29 is 4.79 Å². The van der Waals surface area contributed by atoms with Crippen LogP contribution in [0, 0.1) is 11.8 Å². The molecule has 1 aromatic rings. The lowest BCUT2D eigenvalue weighted by Crippen LogP contribution is -2.29. The standard InChI is InChI=1S/C15H22N2O/c1-10(2)8-12(9-16)15(18)13-6-5-11-4-3-7-17-14(11)13/h3-4,7,10,12-13H,5-6,8-9,16H2,1-2H3. The molecule has 2 atom stereocenters. The second-order valence-corrected chi connectivity index (χ2v) is 5.60. The van der Waals surface area contributed by atoms with E-state index in [1.54, 1.807) is 6.20 Å². The van der Waals surface area contributed by atoms with Crippen LogP contribution in [0.5, 0.6) is 0 Å². The maximum Gasteiger partial charge on any atom is 0.146 e. The van der Waals surface area contributed by atoms with E-state index in [1.165, 1.54) is 5.56 Å². The maximum atomic E-state index is 12.6. The lowest BCUT2D eigenvalue weighted by atomic mass is 9.85. The fourth-order valence-electron chi connectivity index (χ4n) is 2.87. The number of fused-ring (bicyclic) bond motifs is 1. The number of aryl methyl sites for hydroxylation is 1. The summed E-state index contributed by atoms with van der Waals surface area (Å²) in [6, 6.07) is 4.02. The lowest BCUT2D eigenvalue weighted by Gasteiger charge is -2.19. The summed E-state index contributed by atoms with van der Waals surface area (Å²) in [5, 5.41) is 0. The van der Waals surface area contributed by atoms with Gasteiger partial charge in [0.15, 0.2) is 0 Å². The number of carbonyl (C=O) groups excluding carboxylic acids is 1. The van der Waals surface area contributed by atoms with E-state index in [-0.39, 0.29) is 11.8 Å². The Balaban J connectivity index is 2.15. The zero-order valence-corrected chi connectivity index (χ0v) is 11.2. The average molecular weight is 246 g/mol. The summed E-state index contributed by atoms with van der Waals surface area (Å²) in [5.74, 6) is 0.771. The molecule has 0 aliphatic heterocycles. The molecule has 3 heteroatoms. The molecule has 2 rings (SSSR count). The highest BCUT2D eigenvalue weighted by atomic mass is 16.1. The lowest BCUT2D eigenvalue weighted by molar-refractivity contribution is -0.124. The molecule has 1 aliphatic carbocycles. The largest absolute Gasteiger partial charge is 0.330 e. The summed E-state index contributed by atoms with van der Waals surface area (Å²) in [5.41, 5.74) is 7.99. The van der Waals surface area contributed by atoms with Gasteiger partial charge in [-0.2, -0.15) is 0 Å². The molecule has 0 saturated heterocycles. The molecule has 2 N–H and O–H groups in total. The van der Waals surface area contributed by atoms with E-state index >= 15 is 0 Å². The molecule has 2 unspecified atom stereocenters. The van der Waals surface area contributed by atoms with Crippen LogP contribution in [-0.4, -0.2) is 17.3 Å². The minimum atomic E-state index is -0.0199. The average Bonchev–Trinajstić information content (AvgIpc) is 2.78. The van der Waals surface area contributed by atoms with Crippen LogP contribution in [0.3, 0.4) is 0 Å². The van der Waals surface area contributed by atoms with Crippen LogP contribution < -0.4 is 5.73 Å². The van der Waals surface area contributed by atoms with Gasteiger partial charge >= 0.3 is 0 Å². The van der Waals surface area contributed by atoms with Gasteiger partial charge in [-0.15, -0.1) is 0 Å². The van der Waals surface area contributed by atoms with Crippen LogP contribution in [0.25, 0.3) is 0 Å². The molecule has 98 valence electrons. The first-order valence-corrected chi connectivity index (χ1v) is 6.81. The Hall–Kier alpha value is -1.22. The van der Waals surface area contributed by atoms with Crippen molar-refractivity contribution in [2.24, 2.45) is 17.6 Å². The third-order valence-electron chi connectivity index (χ3n) is 3.74. The van der Waals surface area contributed by atoms with Crippen molar-refractivity contribution in [2.75, 3.05) is 6.54 Å². The molecule has 0 radical (unpaired) electrons. The quantitative estimate of drug-likeness (QED) is 0.867. The van der Waals surface area contributed by atoms with Gasteiger partial charge in [0.25, 0.3) is 0 Å². The third-order valence-corrected chi connectivity index (χ3v) is 3.74. The molecule has 1 aromatic heterocycles. The van der Waals surface area contributed by atoms with Crippen molar-refractivity contribution in [1.29, 1.82) is 0 Å². The highest BCUT2D eigenvalue weighted by molar-refractivity contribution is 5.88. The normalized spacial score (nSPS) is 19.9. The fourth-order valence-corrected chi connectivity index (χ4v) is 2.87. The van der Waals surface area contributed by atoms with Crippen molar-refractivity contribution in [1.82, 2.24) is 4.98 Å². The molecular formula is C15H22N2O. The third kappa shape index (κ3) is 2.61. The number of pyridine rings is 1. The van der Waals surface area contributed by atoms with Gasteiger partial charge in [0.2, 0.25) is 0 Å². The van der Waals surface area contributed by atoms with Gasteiger partial charge in [-0.05, 0) is 36.8 Å². The second kappa shape index (κ2) is 5.61. The highest BCUT2D eigenvalue weighted by Gasteiger charge is 2.33. The predicted octanol–water partition coefficient (Wildman–Crippen LogP) is 2.30. The van der Waals surface area contributed by atoms with Crippen molar-refractivity contribution in [3.63, 3.8) is 0 Å². The Morgan fingerprint density at radius 3 is 3.00 bits per heavy atom. The Morgan fingerprint density at radius 2 is 2.33 bits per heavy atom. The SMILES string of the molecule is CC(C)CC(CN)C(=O)C1CCc2cccnc21. The van der Waals surface area contributed by atoms with Crippen molar-refractivity contribution in [2.45, 2.75) is 39.0 Å². The topological polar surface area (TPSA) is 56.0 Å². The number of carbonyl (C=O) groups is 1. The zero-order chi connectivity index (χ0) is 13.1. The van der Waals surface area contributed by atoms with E-state index in [9.17, 15) is 4.79 Å². The zero-order valence-electron chi connectivity index (χ0n) is 11.2. The molecule has 0 fully saturated rings. The van der Waals surface area contributed by atoms with E-state index in [2.05, 4.69) is 24.9 Å². The summed E-state index contributed by atoms with van der Waals surface area (Å²) in [6.07, 6.45) is 4.54. The van der Waals surface area contributed by atoms with Crippen molar-refractivity contribution in [3.8, 4) is 0 Å². The van der Waals surface area contributed by atoms with E-state index in [1.807, 2.05) is 6.07 Å². The van der Waals surface area contributed by atoms with Gasteiger partial charge in [0.1, 0.15) is 5.78 Å². The van der Waals surface area contributed by atoms with E-state index in [0.717, 1.165) is 25.0 Å². The maximum absolute atomic E-state index is 12.6. The first-order valence-electron chi connectivity index (χ1n) is 6.81. The number of rotatable bonds is 5. The van der Waals surface area contributed by atoms with Crippen LogP contribution in [0.2, 0.25) is 0 Å². The summed E-state index contributed by atoms with van der Waals surface area (Å²) in [6.45, 7) is 4.73. The van der Waals surface area contributed by atoms with Crippen LogP contribution in [-0.2, 0) is 11.2 Å². The molecule has 0 aromatic carbocycles. The minimum absolute atomic E-state index is 0.0112. The van der Waals surface area contributed by atoms with Crippen molar-refractivity contribution >= 4 is 5.78 Å². The number of ketones is 1. The van der Waals surface area contributed by atoms with E-state index in [4.69, 9.17) is 5.73 Å². The molecule has 1 heterocycles. The molecule has 1 aliphatic rings. The number of hydrogen-bond donors (Lipinski definition) is 1. The van der Waals surface area contributed by atoms with Gasteiger partial charge in [-0.25, -0.2) is 0 Å². The fraction of sp³-hybridized carbons (Fsp3) is 0.600. The van der Waals surface area contributed by atoms with E-state index in [0.29, 0.717) is 18.2 Å². The Morgan fingerprint density at radius 1 is 1.56 bits per heavy atom. The Kier molecular flexibility index (Phi) is 4.12. The molecule has 18 heavy (non-hydrogen) atoms. The Labute approximate surface area is 109 Å².